The number of nitrogens with zero attached hydrogens (tertiary/aromatic N) is 4. The first-order valence-electron chi connectivity index (χ1n) is 9.40. The molecule has 146 valence electrons. The van der Waals surface area contributed by atoms with Gasteiger partial charge in [0.05, 0.1) is 29.1 Å². The summed E-state index contributed by atoms with van der Waals surface area (Å²) in [5.74, 6) is 0.470. The zero-order chi connectivity index (χ0) is 20.7. The fourth-order valence-corrected chi connectivity index (χ4v) is 3.55. The predicted molar refractivity (Wildman–Crippen MR) is 116 cm³/mol. The topological polar surface area (TPSA) is 83.4 Å². The first-order chi connectivity index (χ1) is 14.6. The van der Waals surface area contributed by atoms with Gasteiger partial charge in [0.2, 0.25) is 0 Å². The van der Waals surface area contributed by atoms with Crippen LogP contribution in [0.3, 0.4) is 0 Å². The summed E-state index contributed by atoms with van der Waals surface area (Å²) >= 11 is 0. The minimum atomic E-state index is -0.233. The lowest BCUT2D eigenvalue weighted by Crippen LogP contribution is -2.26. The second kappa shape index (κ2) is 6.97. The Morgan fingerprint density at radius 2 is 1.83 bits per heavy atom. The number of carbonyl (C=O) groups excluding carboxylic acids is 1. The van der Waals surface area contributed by atoms with E-state index < -0.39 is 0 Å². The number of imidazole rings is 1. The summed E-state index contributed by atoms with van der Waals surface area (Å²) in [6, 6.07) is 18.5. The lowest BCUT2D eigenvalue weighted by Gasteiger charge is -2.17. The molecule has 7 heteroatoms. The SMILES string of the molecule is CN(C(=O)c1ccc2[nH]c(=O)c3cnc(-c4ccccc4)n3c2c1)c1cccnc1. The van der Waals surface area contributed by atoms with E-state index >= 15 is 0 Å². The molecule has 0 atom stereocenters. The van der Waals surface area contributed by atoms with Crippen LogP contribution in [0.4, 0.5) is 5.69 Å². The van der Waals surface area contributed by atoms with Crippen molar-refractivity contribution >= 4 is 28.1 Å². The highest BCUT2D eigenvalue weighted by molar-refractivity contribution is 6.07. The number of carbonyl (C=O) groups is 1. The molecule has 3 aromatic heterocycles. The molecule has 2 aromatic carbocycles. The van der Waals surface area contributed by atoms with Crippen molar-refractivity contribution in [2.24, 2.45) is 0 Å². The van der Waals surface area contributed by atoms with E-state index in [4.69, 9.17) is 0 Å². The van der Waals surface area contributed by atoms with E-state index in [-0.39, 0.29) is 11.5 Å². The van der Waals surface area contributed by atoms with Crippen molar-refractivity contribution in [1.82, 2.24) is 19.4 Å². The molecule has 3 heterocycles. The van der Waals surface area contributed by atoms with Gasteiger partial charge < -0.3 is 9.88 Å². The van der Waals surface area contributed by atoms with Crippen LogP contribution in [0.15, 0.2) is 84.0 Å². The third-order valence-corrected chi connectivity index (χ3v) is 5.10. The number of hydrogen-bond acceptors (Lipinski definition) is 4. The Bertz CT molecular complexity index is 1440. The first kappa shape index (κ1) is 17.8. The van der Waals surface area contributed by atoms with Crippen LogP contribution in [0.25, 0.3) is 27.9 Å². The first-order valence-corrected chi connectivity index (χ1v) is 9.40. The minimum absolute atomic E-state index is 0.175. The number of benzene rings is 2. The summed E-state index contributed by atoms with van der Waals surface area (Å²) in [5, 5.41) is 0. The smallest absolute Gasteiger partial charge is 0.274 e. The van der Waals surface area contributed by atoms with Crippen molar-refractivity contribution in [2.75, 3.05) is 11.9 Å². The fourth-order valence-electron chi connectivity index (χ4n) is 3.55. The number of nitrogens with one attached hydrogen (secondary N) is 1. The molecule has 1 N–H and O–H groups in total. The highest BCUT2D eigenvalue weighted by Crippen LogP contribution is 2.24. The standard InChI is InChI=1S/C23H17N5O2/c1-27(17-8-5-11-24-13-17)23(30)16-9-10-18-19(12-16)28-20(22(29)26-18)14-25-21(28)15-6-3-2-4-7-15/h2-14H,1H3,(H,26,29). The van der Waals surface area contributed by atoms with Crippen molar-refractivity contribution in [3.05, 3.63) is 95.2 Å². The Morgan fingerprint density at radius 1 is 1.00 bits per heavy atom. The van der Waals surface area contributed by atoms with Gasteiger partial charge in [-0.15, -0.1) is 0 Å². The van der Waals surface area contributed by atoms with Gasteiger partial charge in [0.15, 0.2) is 0 Å². The average molecular weight is 395 g/mol. The van der Waals surface area contributed by atoms with Gasteiger partial charge in [-0.25, -0.2) is 4.98 Å². The molecule has 0 unspecified atom stereocenters. The number of hydrogen-bond donors (Lipinski definition) is 1. The molecule has 1 amide bonds. The maximum absolute atomic E-state index is 13.1. The van der Waals surface area contributed by atoms with E-state index in [1.807, 2.05) is 36.4 Å². The van der Waals surface area contributed by atoms with Crippen LogP contribution in [0, 0.1) is 0 Å². The quantitative estimate of drug-likeness (QED) is 0.507. The highest BCUT2D eigenvalue weighted by atomic mass is 16.2. The molecular formula is C23H17N5O2. The molecule has 5 rings (SSSR count). The zero-order valence-electron chi connectivity index (χ0n) is 16.1. The zero-order valence-corrected chi connectivity index (χ0v) is 16.1. The molecule has 0 spiro atoms. The molecule has 0 bridgehead atoms. The van der Waals surface area contributed by atoms with Gasteiger partial charge in [-0.2, -0.15) is 0 Å². The summed E-state index contributed by atoms with van der Waals surface area (Å²) in [7, 11) is 1.71. The number of aromatic nitrogens is 4. The van der Waals surface area contributed by atoms with E-state index in [9.17, 15) is 9.59 Å². The summed E-state index contributed by atoms with van der Waals surface area (Å²) in [6.45, 7) is 0. The fraction of sp³-hybridized carbons (Fsp3) is 0.0435. The van der Waals surface area contributed by atoms with E-state index in [1.165, 1.54) is 0 Å². The molecule has 0 aliphatic carbocycles. The third kappa shape index (κ3) is 2.84. The molecule has 0 aliphatic rings. The Balaban J connectivity index is 1.71. The van der Waals surface area contributed by atoms with Crippen LogP contribution in [-0.4, -0.2) is 32.3 Å². The van der Waals surface area contributed by atoms with Gasteiger partial charge in [-0.05, 0) is 30.3 Å². The second-order valence-corrected chi connectivity index (χ2v) is 6.93. The monoisotopic (exact) mass is 395 g/mol. The lowest BCUT2D eigenvalue weighted by molar-refractivity contribution is 0.0993. The minimum Gasteiger partial charge on any atom is -0.319 e. The molecule has 0 saturated carbocycles. The molecule has 0 fully saturated rings. The number of rotatable bonds is 3. The summed E-state index contributed by atoms with van der Waals surface area (Å²) in [4.78, 5) is 38.6. The van der Waals surface area contributed by atoms with Crippen molar-refractivity contribution < 1.29 is 4.79 Å². The molecule has 0 radical (unpaired) electrons. The summed E-state index contributed by atoms with van der Waals surface area (Å²) < 4.78 is 1.80. The average Bonchev–Trinajstić information content (AvgIpc) is 3.25. The van der Waals surface area contributed by atoms with Gasteiger partial charge >= 0.3 is 0 Å². The normalized spacial score (nSPS) is 11.1. The second-order valence-electron chi connectivity index (χ2n) is 6.93. The summed E-state index contributed by atoms with van der Waals surface area (Å²) in [5.41, 5.74) is 3.59. The number of anilines is 1. The van der Waals surface area contributed by atoms with Gasteiger partial charge in [-0.3, -0.25) is 19.0 Å². The molecule has 5 aromatic rings. The van der Waals surface area contributed by atoms with Gasteiger partial charge in [0, 0.05) is 24.4 Å². The molecule has 0 saturated heterocycles. The van der Waals surface area contributed by atoms with Crippen LogP contribution < -0.4 is 10.5 Å². The van der Waals surface area contributed by atoms with E-state index in [1.54, 1.807) is 59.2 Å². The largest absolute Gasteiger partial charge is 0.319 e. The number of fused-ring (bicyclic) bond motifs is 3. The van der Waals surface area contributed by atoms with Gasteiger partial charge in [-0.1, -0.05) is 30.3 Å². The maximum atomic E-state index is 13.1. The Hall–Kier alpha value is -4.26. The van der Waals surface area contributed by atoms with Gasteiger partial charge in [0.1, 0.15) is 11.3 Å². The number of amides is 1. The number of aromatic amines is 1. The molecular weight excluding hydrogens is 378 g/mol. The van der Waals surface area contributed by atoms with E-state index in [0.717, 1.165) is 5.56 Å². The third-order valence-electron chi connectivity index (χ3n) is 5.10. The maximum Gasteiger partial charge on any atom is 0.274 e. The van der Waals surface area contributed by atoms with E-state index in [0.29, 0.717) is 33.6 Å². The molecule has 7 nitrogen and oxygen atoms in total. The lowest BCUT2D eigenvalue weighted by atomic mass is 10.1. The highest BCUT2D eigenvalue weighted by Gasteiger charge is 2.17. The van der Waals surface area contributed by atoms with Crippen molar-refractivity contribution in [2.45, 2.75) is 0 Å². The van der Waals surface area contributed by atoms with Crippen LogP contribution in [0.5, 0.6) is 0 Å². The van der Waals surface area contributed by atoms with Crippen molar-refractivity contribution in [3.63, 3.8) is 0 Å². The molecule has 30 heavy (non-hydrogen) atoms. The Morgan fingerprint density at radius 3 is 2.60 bits per heavy atom. The number of pyridine rings is 1. The molecule has 0 aliphatic heterocycles. The van der Waals surface area contributed by atoms with Crippen LogP contribution in [0.2, 0.25) is 0 Å². The van der Waals surface area contributed by atoms with Crippen molar-refractivity contribution in [1.29, 1.82) is 0 Å². The predicted octanol–water partition coefficient (Wildman–Crippen LogP) is 3.51. The van der Waals surface area contributed by atoms with E-state index in [2.05, 4.69) is 15.0 Å². The summed E-state index contributed by atoms with van der Waals surface area (Å²) in [6.07, 6.45) is 4.85. The Kier molecular flexibility index (Phi) is 4.14. The Labute approximate surface area is 171 Å². The number of H-pyrrole nitrogens is 1. The van der Waals surface area contributed by atoms with Gasteiger partial charge in [0.25, 0.3) is 11.5 Å². The van der Waals surface area contributed by atoms with Crippen LogP contribution >= 0.6 is 0 Å². The van der Waals surface area contributed by atoms with Crippen molar-refractivity contribution in [3.8, 4) is 11.4 Å². The van der Waals surface area contributed by atoms with Crippen LogP contribution in [0.1, 0.15) is 10.4 Å². The van der Waals surface area contributed by atoms with Crippen LogP contribution in [-0.2, 0) is 0 Å².